The van der Waals surface area contributed by atoms with Crippen molar-refractivity contribution < 1.29 is 14.3 Å². The van der Waals surface area contributed by atoms with Crippen LogP contribution in [0, 0.1) is 0 Å². The van der Waals surface area contributed by atoms with Crippen LogP contribution in [0.15, 0.2) is 56.5 Å². The predicted molar refractivity (Wildman–Crippen MR) is 112 cm³/mol. The molecule has 27 heavy (non-hydrogen) atoms. The summed E-state index contributed by atoms with van der Waals surface area (Å²) in [7, 11) is 0. The summed E-state index contributed by atoms with van der Waals surface area (Å²) >= 11 is 6.74. The Bertz CT molecular complexity index is 856. The molecule has 1 unspecified atom stereocenters. The van der Waals surface area contributed by atoms with Crippen molar-refractivity contribution in [2.24, 2.45) is 5.10 Å². The zero-order valence-corrected chi connectivity index (χ0v) is 18.0. The molecule has 2 rings (SSSR count). The molecule has 0 radical (unpaired) electrons. The molecule has 0 saturated carbocycles. The number of nitrogens with zero attached hydrogens (tertiary/aromatic N) is 1. The van der Waals surface area contributed by atoms with Gasteiger partial charge >= 0.3 is 0 Å². The second kappa shape index (κ2) is 10.2. The Labute approximate surface area is 174 Å². The van der Waals surface area contributed by atoms with Gasteiger partial charge < -0.3 is 10.1 Å². The Balaban J connectivity index is 1.91. The molecule has 0 saturated heterocycles. The van der Waals surface area contributed by atoms with Crippen LogP contribution in [0.3, 0.4) is 0 Å². The molecule has 0 aliphatic carbocycles. The van der Waals surface area contributed by atoms with Crippen molar-refractivity contribution in [3.05, 3.63) is 62.5 Å². The first kappa shape index (κ1) is 21.1. The Morgan fingerprint density at radius 3 is 2.59 bits per heavy atom. The summed E-state index contributed by atoms with van der Waals surface area (Å²) in [5.41, 5.74) is 3.66. The highest BCUT2D eigenvalue weighted by Gasteiger charge is 2.17. The van der Waals surface area contributed by atoms with Crippen LogP contribution in [0.25, 0.3) is 0 Å². The van der Waals surface area contributed by atoms with E-state index in [0.717, 1.165) is 15.8 Å². The summed E-state index contributed by atoms with van der Waals surface area (Å²) in [6, 6.07) is 11.7. The third-order valence-electron chi connectivity index (χ3n) is 3.50. The average molecular weight is 497 g/mol. The van der Waals surface area contributed by atoms with E-state index in [1.807, 2.05) is 31.2 Å². The van der Waals surface area contributed by atoms with E-state index in [9.17, 15) is 9.59 Å². The third-order valence-corrected chi connectivity index (χ3v) is 4.81. The normalized spacial score (nSPS) is 11.9. The van der Waals surface area contributed by atoms with Crippen LogP contribution >= 0.6 is 31.9 Å². The van der Waals surface area contributed by atoms with Crippen molar-refractivity contribution in [2.75, 3.05) is 6.61 Å². The van der Waals surface area contributed by atoms with Gasteiger partial charge in [-0.05, 0) is 81.6 Å². The summed E-state index contributed by atoms with van der Waals surface area (Å²) < 4.78 is 6.90. The fourth-order valence-corrected chi connectivity index (χ4v) is 3.10. The molecule has 2 aromatic carbocycles. The molecule has 0 fully saturated rings. The summed E-state index contributed by atoms with van der Waals surface area (Å²) in [4.78, 5) is 24.3. The number of nitrogens with one attached hydrogen (secondary N) is 2. The van der Waals surface area contributed by atoms with Crippen LogP contribution in [0.1, 0.15) is 29.8 Å². The van der Waals surface area contributed by atoms with Crippen molar-refractivity contribution in [3.8, 4) is 5.75 Å². The second-order valence-electron chi connectivity index (χ2n) is 5.53. The fraction of sp³-hybridized carbons (Fsp3) is 0.211. The maximum Gasteiger partial charge on any atom is 0.262 e. The van der Waals surface area contributed by atoms with Crippen molar-refractivity contribution in [2.45, 2.75) is 19.9 Å². The highest BCUT2D eigenvalue weighted by Crippen LogP contribution is 2.25. The van der Waals surface area contributed by atoms with Crippen molar-refractivity contribution in [1.82, 2.24) is 10.7 Å². The van der Waals surface area contributed by atoms with Gasteiger partial charge in [-0.1, -0.05) is 12.1 Å². The number of hydrazone groups is 1. The molecule has 1 atom stereocenters. The van der Waals surface area contributed by atoms with E-state index in [1.165, 1.54) is 6.21 Å². The van der Waals surface area contributed by atoms with Gasteiger partial charge in [0.2, 0.25) is 0 Å². The van der Waals surface area contributed by atoms with Crippen molar-refractivity contribution in [1.29, 1.82) is 0 Å². The smallest absolute Gasteiger partial charge is 0.262 e. The van der Waals surface area contributed by atoms with Gasteiger partial charge in [0.25, 0.3) is 11.8 Å². The Morgan fingerprint density at radius 1 is 1.19 bits per heavy atom. The summed E-state index contributed by atoms with van der Waals surface area (Å²) in [6.45, 7) is 4.08. The highest BCUT2D eigenvalue weighted by atomic mass is 79.9. The first-order valence-corrected chi connectivity index (χ1v) is 9.81. The van der Waals surface area contributed by atoms with Crippen molar-refractivity contribution >= 4 is 49.9 Å². The lowest BCUT2D eigenvalue weighted by Crippen LogP contribution is -2.43. The molecule has 2 amide bonds. The molecule has 6 nitrogen and oxygen atoms in total. The minimum atomic E-state index is -0.742. The van der Waals surface area contributed by atoms with Crippen LogP contribution in [0.4, 0.5) is 0 Å². The van der Waals surface area contributed by atoms with Crippen molar-refractivity contribution in [3.63, 3.8) is 0 Å². The summed E-state index contributed by atoms with van der Waals surface area (Å²) in [5, 5.41) is 6.57. The van der Waals surface area contributed by atoms with Gasteiger partial charge in [-0.3, -0.25) is 9.59 Å². The molecule has 0 bridgehead atoms. The monoisotopic (exact) mass is 495 g/mol. The Kier molecular flexibility index (Phi) is 7.99. The van der Waals surface area contributed by atoms with E-state index in [0.29, 0.717) is 16.6 Å². The summed E-state index contributed by atoms with van der Waals surface area (Å²) in [5.74, 6) is -0.0247. The molecule has 0 aliphatic rings. The van der Waals surface area contributed by atoms with Gasteiger partial charge in [0, 0.05) is 4.47 Å². The number of halogens is 2. The predicted octanol–water partition coefficient (Wildman–Crippen LogP) is 3.88. The third kappa shape index (κ3) is 6.18. The zero-order chi connectivity index (χ0) is 19.8. The zero-order valence-electron chi connectivity index (χ0n) is 14.8. The Morgan fingerprint density at radius 2 is 1.93 bits per heavy atom. The van der Waals surface area contributed by atoms with Crippen LogP contribution in [0.5, 0.6) is 5.75 Å². The number of rotatable bonds is 7. The number of amides is 2. The van der Waals surface area contributed by atoms with Gasteiger partial charge in [-0.15, -0.1) is 0 Å². The van der Waals surface area contributed by atoms with E-state index < -0.39 is 11.9 Å². The largest absolute Gasteiger partial charge is 0.493 e. The molecule has 0 aliphatic heterocycles. The first-order valence-electron chi connectivity index (χ1n) is 8.23. The topological polar surface area (TPSA) is 79.8 Å². The van der Waals surface area contributed by atoms with Gasteiger partial charge in [0.1, 0.15) is 11.8 Å². The average Bonchev–Trinajstić information content (AvgIpc) is 2.64. The second-order valence-corrected chi connectivity index (χ2v) is 7.24. The molecule has 142 valence electrons. The maximum atomic E-state index is 12.2. The molecule has 8 heteroatoms. The van der Waals surface area contributed by atoms with Gasteiger partial charge in [-0.25, -0.2) is 5.43 Å². The number of hydrogen-bond donors (Lipinski definition) is 2. The van der Waals surface area contributed by atoms with Crippen LogP contribution in [-0.2, 0) is 4.79 Å². The number of carbonyl (C=O) groups is 2. The van der Waals surface area contributed by atoms with Crippen LogP contribution in [-0.4, -0.2) is 30.7 Å². The van der Waals surface area contributed by atoms with Gasteiger partial charge in [-0.2, -0.15) is 5.10 Å². The van der Waals surface area contributed by atoms with E-state index >= 15 is 0 Å². The van der Waals surface area contributed by atoms with E-state index in [2.05, 4.69) is 47.7 Å². The van der Waals surface area contributed by atoms with Crippen LogP contribution < -0.4 is 15.5 Å². The summed E-state index contributed by atoms with van der Waals surface area (Å²) in [6.07, 6.45) is 1.51. The highest BCUT2D eigenvalue weighted by molar-refractivity contribution is 9.10. The van der Waals surface area contributed by atoms with E-state index in [1.54, 1.807) is 25.1 Å². The minimum Gasteiger partial charge on any atom is -0.493 e. The quantitative estimate of drug-likeness (QED) is 0.451. The molecule has 2 N–H and O–H groups in total. The number of carbonyl (C=O) groups excluding carboxylic acids is 2. The van der Waals surface area contributed by atoms with E-state index in [-0.39, 0.29) is 5.91 Å². The molecule has 0 spiro atoms. The molecule has 2 aromatic rings. The lowest BCUT2D eigenvalue weighted by atomic mass is 10.2. The van der Waals surface area contributed by atoms with E-state index in [4.69, 9.17) is 4.74 Å². The lowest BCUT2D eigenvalue weighted by molar-refractivity contribution is -0.122. The minimum absolute atomic E-state index is 0.343. The standard InChI is InChI=1S/C19H19Br2N3O3/c1-3-27-17-9-8-13(10-16(17)21)11-22-24-18(25)12(2)23-19(26)14-6-4-5-7-15(14)20/h4-12H,3H2,1-2H3,(H,23,26)(H,24,25). The number of ether oxygens (including phenoxy) is 1. The maximum absolute atomic E-state index is 12.2. The van der Waals surface area contributed by atoms with Crippen LogP contribution in [0.2, 0.25) is 0 Å². The lowest BCUT2D eigenvalue weighted by Gasteiger charge is -2.12. The van der Waals surface area contributed by atoms with Gasteiger partial charge in [0.05, 0.1) is 22.9 Å². The first-order chi connectivity index (χ1) is 12.9. The Hall–Kier alpha value is -2.19. The molecular weight excluding hydrogens is 478 g/mol. The number of benzene rings is 2. The fourth-order valence-electron chi connectivity index (χ4n) is 2.12. The molecular formula is C19H19Br2N3O3. The number of hydrogen-bond acceptors (Lipinski definition) is 4. The molecule has 0 aromatic heterocycles. The SMILES string of the molecule is CCOc1ccc(C=NNC(=O)C(C)NC(=O)c2ccccc2Br)cc1Br. The molecule has 0 heterocycles. The van der Waals surface area contributed by atoms with Gasteiger partial charge in [0.15, 0.2) is 0 Å².